The van der Waals surface area contributed by atoms with Crippen molar-refractivity contribution in [3.63, 3.8) is 0 Å². The smallest absolute Gasteiger partial charge is 0.133 e. The van der Waals surface area contributed by atoms with Crippen LogP contribution in [0.1, 0.15) is 43.9 Å². The zero-order valence-electron chi connectivity index (χ0n) is 13.2. The third-order valence-electron chi connectivity index (χ3n) is 3.94. The Morgan fingerprint density at radius 2 is 1.30 bits per heavy atom. The van der Waals surface area contributed by atoms with Gasteiger partial charge in [0.25, 0.3) is 0 Å². The summed E-state index contributed by atoms with van der Waals surface area (Å²) in [4.78, 5) is 0. The standard InChI is InChI=1S/C19H14N4/c1-19(2,3)14-4-5-15-16(12(8-20)9-21)7-17(18(15)6-14)13(10-22)11-23/h4-6H,7H2,1-3H3. The topological polar surface area (TPSA) is 95.2 Å². The van der Waals surface area contributed by atoms with Crippen LogP contribution in [0.3, 0.4) is 0 Å². The van der Waals surface area contributed by atoms with Gasteiger partial charge in [0.1, 0.15) is 35.4 Å². The van der Waals surface area contributed by atoms with Crippen molar-refractivity contribution in [1.29, 1.82) is 21.0 Å². The highest BCUT2D eigenvalue weighted by molar-refractivity contribution is 5.98. The molecule has 110 valence electrons. The summed E-state index contributed by atoms with van der Waals surface area (Å²) in [6, 6.07) is 13.4. The molecule has 4 nitrogen and oxygen atoms in total. The lowest BCUT2D eigenvalue weighted by Gasteiger charge is -2.20. The lowest BCUT2D eigenvalue weighted by molar-refractivity contribution is 0.590. The number of fused-ring (bicyclic) bond motifs is 1. The summed E-state index contributed by atoms with van der Waals surface area (Å²) in [5.41, 5.74) is 3.75. The predicted molar refractivity (Wildman–Crippen MR) is 86.1 cm³/mol. The number of hydrogen-bond donors (Lipinski definition) is 0. The first kappa shape index (κ1) is 16.0. The van der Waals surface area contributed by atoms with Gasteiger partial charge in [0.15, 0.2) is 0 Å². The van der Waals surface area contributed by atoms with Crippen molar-refractivity contribution in [2.75, 3.05) is 0 Å². The van der Waals surface area contributed by atoms with E-state index in [1.54, 1.807) is 0 Å². The molecule has 0 unspecified atom stereocenters. The Hall–Kier alpha value is -3.34. The van der Waals surface area contributed by atoms with Gasteiger partial charge in [-0.25, -0.2) is 0 Å². The molecule has 0 radical (unpaired) electrons. The number of rotatable bonds is 0. The normalized spacial score (nSPS) is 12.5. The van der Waals surface area contributed by atoms with Crippen LogP contribution in [-0.4, -0.2) is 0 Å². The van der Waals surface area contributed by atoms with Crippen LogP contribution in [0.4, 0.5) is 0 Å². The minimum Gasteiger partial charge on any atom is -0.192 e. The Kier molecular flexibility index (Phi) is 4.05. The number of benzene rings is 1. The number of nitrogens with zero attached hydrogens (tertiary/aromatic N) is 4. The van der Waals surface area contributed by atoms with Crippen LogP contribution in [0.25, 0.3) is 11.1 Å². The first-order valence-corrected chi connectivity index (χ1v) is 7.09. The molecule has 0 aliphatic heterocycles. The van der Waals surface area contributed by atoms with Gasteiger partial charge in [0, 0.05) is 6.42 Å². The lowest BCUT2D eigenvalue weighted by Crippen LogP contribution is -2.11. The molecule has 4 heteroatoms. The van der Waals surface area contributed by atoms with E-state index in [9.17, 15) is 10.5 Å². The second kappa shape index (κ2) is 5.81. The summed E-state index contributed by atoms with van der Waals surface area (Å²) < 4.78 is 0. The molecule has 0 heterocycles. The van der Waals surface area contributed by atoms with Gasteiger partial charge < -0.3 is 0 Å². The van der Waals surface area contributed by atoms with E-state index in [0.29, 0.717) is 11.1 Å². The van der Waals surface area contributed by atoms with Gasteiger partial charge in [0.05, 0.1) is 0 Å². The van der Waals surface area contributed by atoms with Crippen molar-refractivity contribution in [3.8, 4) is 24.3 Å². The molecule has 1 aliphatic carbocycles. The molecule has 2 rings (SSSR count). The molecule has 0 N–H and O–H groups in total. The second-order valence-electron chi connectivity index (χ2n) is 6.34. The van der Waals surface area contributed by atoms with E-state index in [-0.39, 0.29) is 23.0 Å². The Labute approximate surface area is 135 Å². The molecule has 1 aliphatic rings. The van der Waals surface area contributed by atoms with Crippen molar-refractivity contribution in [2.24, 2.45) is 0 Å². The summed E-state index contributed by atoms with van der Waals surface area (Å²) in [6.07, 6.45) is 0.260. The molecule has 0 saturated heterocycles. The molecule has 1 aromatic rings. The zero-order chi connectivity index (χ0) is 17.2. The zero-order valence-corrected chi connectivity index (χ0v) is 13.2. The van der Waals surface area contributed by atoms with Crippen LogP contribution in [0, 0.1) is 45.3 Å². The molecule has 1 aromatic carbocycles. The van der Waals surface area contributed by atoms with Gasteiger partial charge in [-0.3, -0.25) is 0 Å². The summed E-state index contributed by atoms with van der Waals surface area (Å²) in [5.74, 6) is 0. The average Bonchev–Trinajstić information content (AvgIpc) is 2.88. The number of hydrogen-bond acceptors (Lipinski definition) is 4. The monoisotopic (exact) mass is 298 g/mol. The third-order valence-corrected chi connectivity index (χ3v) is 3.94. The summed E-state index contributed by atoms with van der Waals surface area (Å²) in [6.45, 7) is 6.24. The second-order valence-corrected chi connectivity index (χ2v) is 6.34. The first-order chi connectivity index (χ1) is 10.9. The highest BCUT2D eigenvalue weighted by Crippen LogP contribution is 2.44. The van der Waals surface area contributed by atoms with Crippen molar-refractivity contribution in [2.45, 2.75) is 32.6 Å². The van der Waals surface area contributed by atoms with Gasteiger partial charge in [-0.2, -0.15) is 21.0 Å². The molecule has 0 fully saturated rings. The maximum atomic E-state index is 9.20. The molecule has 0 bridgehead atoms. The highest BCUT2D eigenvalue weighted by atomic mass is 14.4. The van der Waals surface area contributed by atoms with E-state index in [2.05, 4.69) is 20.8 Å². The first-order valence-electron chi connectivity index (χ1n) is 7.09. The minimum atomic E-state index is -0.0840. The maximum absolute atomic E-state index is 9.20. The molecule has 0 amide bonds. The Bertz CT molecular complexity index is 879. The van der Waals surface area contributed by atoms with Crippen molar-refractivity contribution < 1.29 is 0 Å². The predicted octanol–water partition coefficient (Wildman–Crippen LogP) is 3.99. The molecular formula is C19H14N4. The summed E-state index contributed by atoms with van der Waals surface area (Å²) in [7, 11) is 0. The molecule has 0 saturated carbocycles. The average molecular weight is 298 g/mol. The van der Waals surface area contributed by atoms with E-state index < -0.39 is 0 Å². The number of nitriles is 4. The van der Waals surface area contributed by atoms with Crippen molar-refractivity contribution >= 4 is 11.1 Å². The minimum absolute atomic E-state index is 0.0278. The van der Waals surface area contributed by atoms with Crippen LogP contribution >= 0.6 is 0 Å². The van der Waals surface area contributed by atoms with Crippen molar-refractivity contribution in [3.05, 3.63) is 46.0 Å². The Morgan fingerprint density at radius 1 is 0.826 bits per heavy atom. The van der Waals surface area contributed by atoms with Crippen LogP contribution in [0.2, 0.25) is 0 Å². The maximum Gasteiger partial charge on any atom is 0.133 e. The van der Waals surface area contributed by atoms with Gasteiger partial charge in [-0.1, -0.05) is 39.0 Å². The van der Waals surface area contributed by atoms with E-state index >= 15 is 0 Å². The van der Waals surface area contributed by atoms with Crippen LogP contribution in [0.15, 0.2) is 29.3 Å². The fraction of sp³-hybridized carbons (Fsp3) is 0.263. The van der Waals surface area contributed by atoms with E-state index in [1.165, 1.54) is 0 Å². The Morgan fingerprint density at radius 3 is 1.74 bits per heavy atom. The van der Waals surface area contributed by atoms with Crippen LogP contribution in [-0.2, 0) is 5.41 Å². The summed E-state index contributed by atoms with van der Waals surface area (Å²) in [5, 5.41) is 36.7. The summed E-state index contributed by atoms with van der Waals surface area (Å²) >= 11 is 0. The van der Waals surface area contributed by atoms with Gasteiger partial charge in [0.2, 0.25) is 0 Å². The van der Waals surface area contributed by atoms with E-state index in [1.807, 2.05) is 42.5 Å². The molecule has 0 aromatic heterocycles. The van der Waals surface area contributed by atoms with Gasteiger partial charge in [-0.05, 0) is 33.3 Å². The largest absolute Gasteiger partial charge is 0.192 e. The van der Waals surface area contributed by atoms with Crippen LogP contribution < -0.4 is 0 Å². The Balaban J connectivity index is 2.86. The highest BCUT2D eigenvalue weighted by Gasteiger charge is 2.28. The van der Waals surface area contributed by atoms with Gasteiger partial charge >= 0.3 is 0 Å². The van der Waals surface area contributed by atoms with E-state index in [0.717, 1.165) is 16.7 Å². The van der Waals surface area contributed by atoms with E-state index in [4.69, 9.17) is 10.5 Å². The van der Waals surface area contributed by atoms with Gasteiger partial charge in [-0.15, -0.1) is 0 Å². The van der Waals surface area contributed by atoms with Crippen LogP contribution in [0.5, 0.6) is 0 Å². The molecular weight excluding hydrogens is 284 g/mol. The van der Waals surface area contributed by atoms with Crippen molar-refractivity contribution in [1.82, 2.24) is 0 Å². The number of allylic oxidation sites excluding steroid dienone is 4. The lowest BCUT2D eigenvalue weighted by atomic mass is 9.84. The quantitative estimate of drug-likeness (QED) is 0.676. The fourth-order valence-electron chi connectivity index (χ4n) is 2.66. The molecule has 23 heavy (non-hydrogen) atoms. The molecule has 0 spiro atoms. The SMILES string of the molecule is CC(C)(C)c1ccc2c(c1)C(=C(C#N)C#N)CC2=C(C#N)C#N. The molecule has 0 atom stereocenters. The third kappa shape index (κ3) is 2.72. The fourth-order valence-corrected chi connectivity index (χ4v) is 2.66.